The van der Waals surface area contributed by atoms with Crippen LogP contribution in [0.25, 0.3) is 11.0 Å². The number of hydrogen-bond acceptors (Lipinski definition) is 6. The van der Waals surface area contributed by atoms with Gasteiger partial charge in [-0.1, -0.05) is 6.07 Å². The van der Waals surface area contributed by atoms with E-state index < -0.39 is 12.2 Å². The number of aromatic amines is 1. The van der Waals surface area contributed by atoms with Crippen LogP contribution in [0.2, 0.25) is 0 Å². The summed E-state index contributed by atoms with van der Waals surface area (Å²) in [6.45, 7) is 0. The van der Waals surface area contributed by atoms with Crippen molar-refractivity contribution in [1.29, 1.82) is 0 Å². The van der Waals surface area contributed by atoms with Gasteiger partial charge in [0, 0.05) is 18.0 Å². The normalized spacial score (nSPS) is 25.8. The fourth-order valence-electron chi connectivity index (χ4n) is 3.90. The first-order chi connectivity index (χ1) is 12.5. The number of H-pyrrole nitrogens is 1. The smallest absolute Gasteiger partial charge is 0.248 e. The highest BCUT2D eigenvalue weighted by Crippen LogP contribution is 2.39. The summed E-state index contributed by atoms with van der Waals surface area (Å²) in [6.07, 6.45) is 3.44. The van der Waals surface area contributed by atoms with Crippen LogP contribution in [-0.2, 0) is 6.42 Å². The molecule has 1 aliphatic carbocycles. The summed E-state index contributed by atoms with van der Waals surface area (Å²) in [4.78, 5) is 22.4. The Morgan fingerprint density at radius 3 is 2.88 bits per heavy atom. The van der Waals surface area contributed by atoms with Crippen LogP contribution in [0.3, 0.4) is 0 Å². The largest absolute Gasteiger partial charge is 0.390 e. The SMILES string of the molecule is Nc1ncnc2c1ccn2[C@@H]1C[C@H](CCc2cccc(=O)[nH]2)[C@@H](O)[C@H]1O. The summed E-state index contributed by atoms with van der Waals surface area (Å²) in [7, 11) is 0. The monoisotopic (exact) mass is 355 g/mol. The highest BCUT2D eigenvalue weighted by Gasteiger charge is 2.42. The molecule has 136 valence electrons. The minimum absolute atomic E-state index is 0.0738. The first-order valence-electron chi connectivity index (χ1n) is 8.66. The van der Waals surface area contributed by atoms with Gasteiger partial charge in [0.1, 0.15) is 23.9 Å². The quantitative estimate of drug-likeness (QED) is 0.543. The van der Waals surface area contributed by atoms with E-state index in [4.69, 9.17) is 5.73 Å². The van der Waals surface area contributed by atoms with Gasteiger partial charge >= 0.3 is 0 Å². The van der Waals surface area contributed by atoms with E-state index in [1.54, 1.807) is 6.07 Å². The van der Waals surface area contributed by atoms with Crippen molar-refractivity contribution in [2.24, 2.45) is 5.92 Å². The molecule has 0 spiro atoms. The third-order valence-corrected chi connectivity index (χ3v) is 5.28. The molecule has 3 aromatic rings. The van der Waals surface area contributed by atoms with Gasteiger partial charge in [-0.15, -0.1) is 0 Å². The standard InChI is InChI=1S/C18H21N5O3/c19-17-12-6-7-23(18(12)21-9-20-17)13-8-10(15(25)16(13)26)4-5-11-2-1-3-14(24)22-11/h1-3,6-7,9-10,13,15-16,25-26H,4-5,8H2,(H,22,24)(H2,19,20,21)/t10-,13+,15+,16-/m0/s1. The molecular formula is C18H21N5O3. The van der Waals surface area contributed by atoms with Gasteiger partial charge in [-0.25, -0.2) is 9.97 Å². The van der Waals surface area contributed by atoms with E-state index in [0.717, 1.165) is 11.1 Å². The van der Waals surface area contributed by atoms with Crippen molar-refractivity contribution in [1.82, 2.24) is 19.5 Å². The second-order valence-corrected chi connectivity index (χ2v) is 6.84. The molecule has 3 heterocycles. The van der Waals surface area contributed by atoms with E-state index in [2.05, 4.69) is 15.0 Å². The molecule has 1 fully saturated rings. The van der Waals surface area contributed by atoms with E-state index in [1.807, 2.05) is 22.9 Å². The second-order valence-electron chi connectivity index (χ2n) is 6.84. The van der Waals surface area contributed by atoms with Crippen LogP contribution < -0.4 is 11.3 Å². The molecule has 0 aliphatic heterocycles. The fourth-order valence-corrected chi connectivity index (χ4v) is 3.90. The van der Waals surface area contributed by atoms with Gasteiger partial charge in [-0.2, -0.15) is 0 Å². The molecule has 8 nitrogen and oxygen atoms in total. The molecule has 0 bridgehead atoms. The highest BCUT2D eigenvalue weighted by molar-refractivity contribution is 5.86. The number of aryl methyl sites for hydroxylation is 1. The van der Waals surface area contributed by atoms with Crippen LogP contribution in [0.15, 0.2) is 41.6 Å². The molecule has 4 atom stereocenters. The molecule has 4 rings (SSSR count). The van der Waals surface area contributed by atoms with Gasteiger partial charge in [-0.3, -0.25) is 4.79 Å². The Labute approximate surface area is 149 Å². The van der Waals surface area contributed by atoms with Gasteiger partial charge < -0.3 is 25.5 Å². The van der Waals surface area contributed by atoms with Gasteiger partial charge in [0.2, 0.25) is 5.56 Å². The van der Waals surface area contributed by atoms with Crippen LogP contribution in [0, 0.1) is 5.92 Å². The van der Waals surface area contributed by atoms with Gasteiger partial charge in [-0.05, 0) is 37.3 Å². The number of nitrogens with one attached hydrogen (secondary N) is 1. The summed E-state index contributed by atoms with van der Waals surface area (Å²) in [5.41, 5.74) is 7.22. The molecule has 8 heteroatoms. The fraction of sp³-hybridized carbons (Fsp3) is 0.389. The second kappa shape index (κ2) is 6.54. The number of nitrogen functional groups attached to an aromatic ring is 1. The van der Waals surface area contributed by atoms with Crippen molar-refractivity contribution in [3.05, 3.63) is 52.8 Å². The number of anilines is 1. The summed E-state index contributed by atoms with van der Waals surface area (Å²) >= 11 is 0. The van der Waals surface area contributed by atoms with Crippen molar-refractivity contribution >= 4 is 16.9 Å². The molecule has 5 N–H and O–H groups in total. The van der Waals surface area contributed by atoms with Crippen molar-refractivity contribution < 1.29 is 10.2 Å². The summed E-state index contributed by atoms with van der Waals surface area (Å²) < 4.78 is 1.87. The summed E-state index contributed by atoms with van der Waals surface area (Å²) in [6, 6.07) is 6.59. The molecule has 0 amide bonds. The molecule has 0 aromatic carbocycles. The van der Waals surface area contributed by atoms with Gasteiger partial charge in [0.15, 0.2) is 0 Å². The molecule has 0 saturated heterocycles. The number of hydrogen-bond donors (Lipinski definition) is 4. The third-order valence-electron chi connectivity index (χ3n) is 5.28. The van der Waals surface area contributed by atoms with Crippen LogP contribution in [0.1, 0.15) is 24.6 Å². The molecule has 0 radical (unpaired) electrons. The molecule has 3 aromatic heterocycles. The Hall–Kier alpha value is -2.71. The van der Waals surface area contributed by atoms with Crippen molar-refractivity contribution in [3.8, 4) is 0 Å². The lowest BCUT2D eigenvalue weighted by atomic mass is 9.98. The minimum atomic E-state index is -0.887. The van der Waals surface area contributed by atoms with Crippen LogP contribution >= 0.6 is 0 Å². The molecule has 26 heavy (non-hydrogen) atoms. The number of nitrogens with two attached hydrogens (primary N) is 1. The lowest BCUT2D eigenvalue weighted by Crippen LogP contribution is -2.29. The van der Waals surface area contributed by atoms with Crippen LogP contribution in [-0.4, -0.2) is 41.9 Å². The average Bonchev–Trinajstić information content (AvgIpc) is 3.17. The molecule has 1 saturated carbocycles. The van der Waals surface area contributed by atoms with E-state index in [0.29, 0.717) is 30.7 Å². The summed E-state index contributed by atoms with van der Waals surface area (Å²) in [5.74, 6) is 0.321. The number of rotatable bonds is 4. The first kappa shape index (κ1) is 16.7. The number of pyridine rings is 1. The number of nitrogens with zero attached hydrogens (tertiary/aromatic N) is 3. The van der Waals surface area contributed by atoms with E-state index in [1.165, 1.54) is 12.4 Å². The highest BCUT2D eigenvalue weighted by atomic mass is 16.3. The molecular weight excluding hydrogens is 334 g/mol. The Bertz CT molecular complexity index is 982. The Morgan fingerprint density at radius 2 is 2.08 bits per heavy atom. The van der Waals surface area contributed by atoms with Crippen molar-refractivity contribution in [3.63, 3.8) is 0 Å². The number of fused-ring (bicyclic) bond motifs is 1. The Balaban J connectivity index is 1.54. The zero-order valence-electron chi connectivity index (χ0n) is 14.1. The predicted octanol–water partition coefficient (Wildman–Crippen LogP) is 0.617. The van der Waals surface area contributed by atoms with Crippen LogP contribution in [0.4, 0.5) is 5.82 Å². The third kappa shape index (κ3) is 2.87. The van der Waals surface area contributed by atoms with E-state index in [9.17, 15) is 15.0 Å². The van der Waals surface area contributed by atoms with Gasteiger partial charge in [0.05, 0.1) is 17.5 Å². The minimum Gasteiger partial charge on any atom is -0.390 e. The predicted molar refractivity (Wildman–Crippen MR) is 96.5 cm³/mol. The maximum absolute atomic E-state index is 11.4. The number of aromatic nitrogens is 4. The Kier molecular flexibility index (Phi) is 4.21. The summed E-state index contributed by atoms with van der Waals surface area (Å²) in [5, 5.41) is 21.8. The maximum atomic E-state index is 11.4. The first-order valence-corrected chi connectivity index (χ1v) is 8.66. The zero-order chi connectivity index (χ0) is 18.3. The van der Waals surface area contributed by atoms with Crippen LogP contribution in [0.5, 0.6) is 0 Å². The zero-order valence-corrected chi connectivity index (χ0v) is 14.1. The molecule has 0 unspecified atom stereocenters. The molecule has 1 aliphatic rings. The van der Waals surface area contributed by atoms with E-state index >= 15 is 0 Å². The van der Waals surface area contributed by atoms with Gasteiger partial charge in [0.25, 0.3) is 0 Å². The lowest BCUT2D eigenvalue weighted by Gasteiger charge is -2.19. The lowest BCUT2D eigenvalue weighted by molar-refractivity contribution is 0.00542. The average molecular weight is 355 g/mol. The van der Waals surface area contributed by atoms with Crippen molar-refractivity contribution in [2.75, 3.05) is 5.73 Å². The number of aliphatic hydroxyl groups is 2. The van der Waals surface area contributed by atoms with E-state index in [-0.39, 0.29) is 17.5 Å². The topological polar surface area (TPSA) is 130 Å². The Morgan fingerprint density at radius 1 is 1.23 bits per heavy atom. The maximum Gasteiger partial charge on any atom is 0.248 e. The van der Waals surface area contributed by atoms with Crippen molar-refractivity contribution in [2.45, 2.75) is 37.5 Å². The number of aliphatic hydroxyl groups excluding tert-OH is 2.